The first-order valence-electron chi connectivity index (χ1n) is 8.98. The van der Waals surface area contributed by atoms with Crippen LogP contribution in [0.5, 0.6) is 0 Å². The third-order valence-electron chi connectivity index (χ3n) is 6.76. The van der Waals surface area contributed by atoms with E-state index >= 15 is 0 Å². The van der Waals surface area contributed by atoms with E-state index in [2.05, 4.69) is 12.2 Å². The lowest BCUT2D eigenvalue weighted by Gasteiger charge is -2.37. The molecule has 0 spiro atoms. The highest BCUT2D eigenvalue weighted by Crippen LogP contribution is 2.65. The normalized spacial score (nSPS) is 43.7. The molecule has 0 unspecified atom stereocenters. The Morgan fingerprint density at radius 2 is 1.52 bits per heavy atom. The highest BCUT2D eigenvalue weighted by atomic mass is 16.2. The average Bonchev–Trinajstić information content (AvgIpc) is 3.37. The van der Waals surface area contributed by atoms with Gasteiger partial charge in [0.15, 0.2) is 0 Å². The lowest BCUT2D eigenvalue weighted by atomic mass is 9.63. The topological polar surface area (TPSA) is 57.7 Å². The van der Waals surface area contributed by atoms with Gasteiger partial charge in [0.2, 0.25) is 17.7 Å². The average molecular weight is 314 g/mol. The minimum absolute atomic E-state index is 0.0422. The van der Waals surface area contributed by atoms with Crippen LogP contribution >= 0.6 is 0 Å². The summed E-state index contributed by atoms with van der Waals surface area (Å²) in [6, 6.07) is 0. The van der Waals surface area contributed by atoms with Gasteiger partial charge in [-0.15, -0.1) is 0 Å². The molecule has 0 aromatic rings. The molecule has 4 aliphatic carbocycles. The summed E-state index contributed by atoms with van der Waals surface area (Å²) in [5.74, 6) is 1.09. The highest BCUT2D eigenvalue weighted by molar-refractivity contribution is 6.08. The van der Waals surface area contributed by atoms with Gasteiger partial charge in [0.05, 0.1) is 11.8 Å². The molecular formula is C18H22N2O3. The van der Waals surface area contributed by atoms with E-state index in [1.807, 2.05) is 4.90 Å². The standard InChI is InChI=1S/C18H22N2O3/c21-14(19-6-2-1-3-7-19)9-20-17(22)15-10-4-5-11(13-8-12(10)13)16(15)18(20)23/h4-5,10-13,15-16H,1-3,6-9H2/t10-,11-,12-,13+,15+,16+/m0/s1. The van der Waals surface area contributed by atoms with Crippen LogP contribution in [-0.2, 0) is 14.4 Å². The zero-order chi connectivity index (χ0) is 15.7. The Bertz CT molecular complexity index is 586. The predicted molar refractivity (Wildman–Crippen MR) is 81.8 cm³/mol. The van der Waals surface area contributed by atoms with E-state index in [1.165, 1.54) is 11.3 Å². The van der Waals surface area contributed by atoms with Crippen LogP contribution in [-0.4, -0.2) is 47.2 Å². The molecule has 3 amide bonds. The Morgan fingerprint density at radius 1 is 0.957 bits per heavy atom. The van der Waals surface area contributed by atoms with Gasteiger partial charge in [-0.05, 0) is 49.4 Å². The SMILES string of the molecule is O=C(CN1C(=O)[C@@H]2[C@H]3C=C[C@@H]([C@@H]4C[C@H]34)[C@H]2C1=O)N1CCCCC1. The van der Waals surface area contributed by atoms with E-state index in [1.54, 1.807) is 0 Å². The van der Waals surface area contributed by atoms with Gasteiger partial charge in [-0.25, -0.2) is 0 Å². The van der Waals surface area contributed by atoms with Crippen molar-refractivity contribution >= 4 is 17.7 Å². The lowest BCUT2D eigenvalue weighted by Crippen LogP contribution is -2.45. The Hall–Kier alpha value is -1.65. The van der Waals surface area contributed by atoms with Crippen LogP contribution in [0.3, 0.4) is 0 Å². The van der Waals surface area contributed by atoms with Gasteiger partial charge in [0.25, 0.3) is 0 Å². The molecule has 4 fully saturated rings. The summed E-state index contributed by atoms with van der Waals surface area (Å²) >= 11 is 0. The number of carbonyl (C=O) groups excluding carboxylic acids is 3. The van der Waals surface area contributed by atoms with E-state index in [4.69, 9.17) is 0 Å². The number of hydrogen-bond donors (Lipinski definition) is 0. The number of piperidine rings is 1. The summed E-state index contributed by atoms with van der Waals surface area (Å²) in [4.78, 5) is 41.2. The van der Waals surface area contributed by atoms with Gasteiger partial charge >= 0.3 is 0 Å². The fourth-order valence-electron chi connectivity index (χ4n) is 5.55. The molecule has 5 nitrogen and oxygen atoms in total. The van der Waals surface area contributed by atoms with Gasteiger partial charge in [0.1, 0.15) is 6.54 Å². The van der Waals surface area contributed by atoms with Crippen molar-refractivity contribution in [1.29, 1.82) is 0 Å². The minimum Gasteiger partial charge on any atom is -0.341 e. The molecule has 122 valence electrons. The van der Waals surface area contributed by atoms with E-state index in [0.29, 0.717) is 11.8 Å². The van der Waals surface area contributed by atoms with Crippen molar-refractivity contribution in [3.8, 4) is 0 Å². The van der Waals surface area contributed by atoms with E-state index in [9.17, 15) is 14.4 Å². The van der Waals surface area contributed by atoms with Crippen LogP contribution in [0.4, 0.5) is 0 Å². The first-order chi connectivity index (χ1) is 11.2. The van der Waals surface area contributed by atoms with Crippen LogP contribution in [0, 0.1) is 35.5 Å². The molecule has 0 aromatic heterocycles. The van der Waals surface area contributed by atoms with Crippen molar-refractivity contribution in [3.63, 3.8) is 0 Å². The summed E-state index contributed by atoms with van der Waals surface area (Å²) in [7, 11) is 0. The van der Waals surface area contributed by atoms with Crippen LogP contribution in [0.15, 0.2) is 12.2 Å². The van der Waals surface area contributed by atoms with Crippen LogP contribution < -0.4 is 0 Å². The molecule has 6 aliphatic rings. The second kappa shape index (κ2) is 4.68. The number of nitrogens with zero attached hydrogens (tertiary/aromatic N) is 2. The van der Waals surface area contributed by atoms with Gasteiger partial charge in [-0.3, -0.25) is 19.3 Å². The van der Waals surface area contributed by atoms with Gasteiger partial charge < -0.3 is 4.90 Å². The molecule has 0 radical (unpaired) electrons. The molecular weight excluding hydrogens is 292 g/mol. The number of allylic oxidation sites excluding steroid dienone is 2. The number of rotatable bonds is 2. The third-order valence-corrected chi connectivity index (χ3v) is 6.76. The third kappa shape index (κ3) is 1.82. The maximum absolute atomic E-state index is 12.8. The number of amides is 3. The first-order valence-corrected chi connectivity index (χ1v) is 8.98. The Kier molecular flexibility index (Phi) is 2.80. The summed E-state index contributed by atoms with van der Waals surface area (Å²) in [5, 5.41) is 0. The van der Waals surface area contributed by atoms with Crippen molar-refractivity contribution < 1.29 is 14.4 Å². The van der Waals surface area contributed by atoms with Crippen LogP contribution in [0.2, 0.25) is 0 Å². The number of likely N-dealkylation sites (tertiary alicyclic amines) is 2. The maximum Gasteiger partial charge on any atom is 0.242 e. The summed E-state index contributed by atoms with van der Waals surface area (Å²) in [6.45, 7) is 1.48. The van der Waals surface area contributed by atoms with Crippen LogP contribution in [0.25, 0.3) is 0 Å². The van der Waals surface area contributed by atoms with Crippen LogP contribution in [0.1, 0.15) is 25.7 Å². The smallest absolute Gasteiger partial charge is 0.242 e. The predicted octanol–water partition coefficient (Wildman–Crippen LogP) is 1.05. The summed E-state index contributed by atoms with van der Waals surface area (Å²) in [5.41, 5.74) is 0. The van der Waals surface area contributed by atoms with Crippen molar-refractivity contribution in [2.45, 2.75) is 25.7 Å². The summed E-state index contributed by atoms with van der Waals surface area (Å²) in [6.07, 6.45) is 8.71. The Balaban J connectivity index is 1.36. The molecule has 23 heavy (non-hydrogen) atoms. The largest absolute Gasteiger partial charge is 0.341 e. The zero-order valence-corrected chi connectivity index (χ0v) is 13.2. The van der Waals surface area contributed by atoms with E-state index in [-0.39, 0.29) is 47.9 Å². The fourth-order valence-corrected chi connectivity index (χ4v) is 5.55. The highest BCUT2D eigenvalue weighted by Gasteiger charge is 2.67. The van der Waals surface area contributed by atoms with Gasteiger partial charge in [0, 0.05) is 13.1 Å². The molecule has 6 atom stereocenters. The van der Waals surface area contributed by atoms with Gasteiger partial charge in [-0.1, -0.05) is 12.2 Å². The van der Waals surface area contributed by atoms with E-state index < -0.39 is 0 Å². The molecule has 2 heterocycles. The Labute approximate surface area is 135 Å². The molecule has 0 N–H and O–H groups in total. The fraction of sp³-hybridized carbons (Fsp3) is 0.722. The lowest BCUT2D eigenvalue weighted by molar-refractivity contribution is -0.147. The zero-order valence-electron chi connectivity index (χ0n) is 13.2. The molecule has 2 saturated carbocycles. The molecule has 2 bridgehead atoms. The second-order valence-electron chi connectivity index (χ2n) is 7.86. The minimum atomic E-state index is -0.185. The first kappa shape index (κ1) is 13.8. The number of hydrogen-bond acceptors (Lipinski definition) is 3. The Morgan fingerprint density at radius 3 is 2.09 bits per heavy atom. The quantitative estimate of drug-likeness (QED) is 0.565. The number of imide groups is 1. The number of carbonyl (C=O) groups is 3. The molecule has 5 heteroatoms. The molecule has 6 rings (SSSR count). The molecule has 2 saturated heterocycles. The van der Waals surface area contributed by atoms with Gasteiger partial charge in [-0.2, -0.15) is 0 Å². The summed E-state index contributed by atoms with van der Waals surface area (Å²) < 4.78 is 0. The molecule has 0 aromatic carbocycles. The maximum atomic E-state index is 12.8. The second-order valence-corrected chi connectivity index (χ2v) is 7.86. The van der Waals surface area contributed by atoms with Crippen molar-refractivity contribution in [2.24, 2.45) is 35.5 Å². The van der Waals surface area contributed by atoms with Crippen molar-refractivity contribution in [1.82, 2.24) is 9.80 Å². The monoisotopic (exact) mass is 314 g/mol. The van der Waals surface area contributed by atoms with Crippen molar-refractivity contribution in [3.05, 3.63) is 12.2 Å². The molecule has 2 aliphatic heterocycles. The van der Waals surface area contributed by atoms with Crippen molar-refractivity contribution in [2.75, 3.05) is 19.6 Å². The van der Waals surface area contributed by atoms with E-state index in [0.717, 1.165) is 32.4 Å².